The molecule has 0 aromatic carbocycles. The number of ether oxygens (including phenoxy) is 9. The Morgan fingerprint density at radius 1 is 0.267 bits per heavy atom. The van der Waals surface area contributed by atoms with E-state index in [9.17, 15) is 0 Å². The standard InChI is InChI=1S/C34H72O10Si/c1-5-6-7-8-9-10-11-12-13-14-15-16-35-17-18-36-19-20-37-21-22-38-23-24-39-25-26-40-27-28-41-29-30-42-31-32-43-33-34-44-45(2,3)4/h5-34H2,1-4H3. The minimum absolute atomic E-state index is 0.534. The monoisotopic (exact) mass is 668 g/mol. The smallest absolute Gasteiger partial charge is 0.183 e. The number of hydrogen-bond acceptors (Lipinski definition) is 10. The summed E-state index contributed by atoms with van der Waals surface area (Å²) in [4.78, 5) is 0. The fourth-order valence-electron chi connectivity index (χ4n) is 4.14. The van der Waals surface area contributed by atoms with E-state index in [1.54, 1.807) is 0 Å². The molecule has 0 aromatic rings. The van der Waals surface area contributed by atoms with Crippen molar-refractivity contribution in [1.29, 1.82) is 0 Å². The Bertz CT molecular complexity index is 540. The Morgan fingerprint density at radius 2 is 0.489 bits per heavy atom. The van der Waals surface area contributed by atoms with Gasteiger partial charge in [-0.2, -0.15) is 0 Å². The van der Waals surface area contributed by atoms with E-state index in [0.29, 0.717) is 119 Å². The lowest BCUT2D eigenvalue weighted by Crippen LogP contribution is -2.27. The molecule has 0 amide bonds. The van der Waals surface area contributed by atoms with Gasteiger partial charge in [0, 0.05) is 6.61 Å². The van der Waals surface area contributed by atoms with E-state index in [2.05, 4.69) is 26.6 Å². The molecule has 0 aliphatic carbocycles. The molecule has 11 heteroatoms. The maximum atomic E-state index is 5.72. The van der Waals surface area contributed by atoms with Crippen molar-refractivity contribution in [1.82, 2.24) is 0 Å². The van der Waals surface area contributed by atoms with Crippen LogP contribution < -0.4 is 0 Å². The minimum atomic E-state index is -1.44. The number of rotatable bonds is 40. The lowest BCUT2D eigenvalue weighted by atomic mass is 10.1. The summed E-state index contributed by atoms with van der Waals surface area (Å²) < 4.78 is 55.4. The van der Waals surface area contributed by atoms with Gasteiger partial charge in [0.05, 0.1) is 119 Å². The predicted molar refractivity (Wildman–Crippen MR) is 183 cm³/mol. The summed E-state index contributed by atoms with van der Waals surface area (Å²) in [5.74, 6) is 0. The van der Waals surface area contributed by atoms with Crippen LogP contribution >= 0.6 is 0 Å². The molecular formula is C34H72O10Si. The van der Waals surface area contributed by atoms with E-state index < -0.39 is 8.32 Å². The molecule has 0 rings (SSSR count). The van der Waals surface area contributed by atoms with Gasteiger partial charge in [0.1, 0.15) is 0 Å². The molecule has 0 aliphatic heterocycles. The van der Waals surface area contributed by atoms with E-state index in [1.807, 2.05) is 0 Å². The van der Waals surface area contributed by atoms with Gasteiger partial charge in [-0.1, -0.05) is 71.1 Å². The highest BCUT2D eigenvalue weighted by Gasteiger charge is 2.13. The maximum Gasteiger partial charge on any atom is 0.183 e. The summed E-state index contributed by atoms with van der Waals surface area (Å²) in [6.07, 6.45) is 14.9. The van der Waals surface area contributed by atoms with Crippen LogP contribution in [0.5, 0.6) is 0 Å². The molecule has 0 saturated heterocycles. The van der Waals surface area contributed by atoms with E-state index in [4.69, 9.17) is 47.1 Å². The fourth-order valence-corrected chi connectivity index (χ4v) is 4.83. The average Bonchev–Trinajstić information content (AvgIpc) is 3.01. The molecular weight excluding hydrogens is 596 g/mol. The molecule has 0 fully saturated rings. The van der Waals surface area contributed by atoms with E-state index in [-0.39, 0.29) is 0 Å². The van der Waals surface area contributed by atoms with Gasteiger partial charge >= 0.3 is 0 Å². The van der Waals surface area contributed by atoms with Gasteiger partial charge in [0.15, 0.2) is 8.32 Å². The highest BCUT2D eigenvalue weighted by atomic mass is 28.4. The largest absolute Gasteiger partial charge is 0.415 e. The summed E-state index contributed by atoms with van der Waals surface area (Å²) in [7, 11) is -1.44. The first-order chi connectivity index (χ1) is 22.1. The molecule has 45 heavy (non-hydrogen) atoms. The second kappa shape index (κ2) is 38.3. The highest BCUT2D eigenvalue weighted by molar-refractivity contribution is 6.69. The SMILES string of the molecule is CCCCCCCCCCCCCOCCOCCOCCOCCOCCOCCOCCOCCOCCO[Si](C)(C)C. The van der Waals surface area contributed by atoms with Crippen LogP contribution in [0.2, 0.25) is 19.6 Å². The summed E-state index contributed by atoms with van der Waals surface area (Å²) in [6, 6.07) is 0. The number of unbranched alkanes of at least 4 members (excludes halogenated alkanes) is 10. The quantitative estimate of drug-likeness (QED) is 0.0547. The van der Waals surface area contributed by atoms with E-state index in [1.165, 1.54) is 64.2 Å². The topological polar surface area (TPSA) is 92.3 Å². The van der Waals surface area contributed by atoms with Gasteiger partial charge in [-0.3, -0.25) is 0 Å². The zero-order valence-corrected chi connectivity index (χ0v) is 30.8. The van der Waals surface area contributed by atoms with Gasteiger partial charge in [0.2, 0.25) is 0 Å². The van der Waals surface area contributed by atoms with Crippen molar-refractivity contribution in [3.05, 3.63) is 0 Å². The summed E-state index contributed by atoms with van der Waals surface area (Å²) in [6.45, 7) is 19.8. The van der Waals surface area contributed by atoms with E-state index >= 15 is 0 Å². The molecule has 0 bridgehead atoms. The van der Waals surface area contributed by atoms with Gasteiger partial charge in [-0.05, 0) is 26.1 Å². The summed E-state index contributed by atoms with van der Waals surface area (Å²) in [5.41, 5.74) is 0. The van der Waals surface area contributed by atoms with Crippen molar-refractivity contribution >= 4 is 8.32 Å². The van der Waals surface area contributed by atoms with Crippen LogP contribution in [-0.2, 0) is 47.1 Å². The Morgan fingerprint density at radius 3 is 0.756 bits per heavy atom. The fraction of sp³-hybridized carbons (Fsp3) is 1.00. The van der Waals surface area contributed by atoms with Crippen LogP contribution in [0.4, 0.5) is 0 Å². The second-order valence-corrected chi connectivity index (χ2v) is 16.5. The first-order valence-corrected chi connectivity index (χ1v) is 21.3. The molecule has 0 unspecified atom stereocenters. The molecule has 0 spiro atoms. The van der Waals surface area contributed by atoms with Gasteiger partial charge < -0.3 is 47.1 Å². The molecule has 10 nitrogen and oxygen atoms in total. The highest BCUT2D eigenvalue weighted by Crippen LogP contribution is 2.11. The summed E-state index contributed by atoms with van der Waals surface area (Å²) in [5, 5.41) is 0. The predicted octanol–water partition coefficient (Wildman–Crippen LogP) is 6.30. The van der Waals surface area contributed by atoms with Crippen molar-refractivity contribution in [2.45, 2.75) is 97.2 Å². The summed E-state index contributed by atoms with van der Waals surface area (Å²) >= 11 is 0. The van der Waals surface area contributed by atoms with Gasteiger partial charge in [-0.25, -0.2) is 0 Å². The van der Waals surface area contributed by atoms with Crippen LogP contribution in [0.25, 0.3) is 0 Å². The van der Waals surface area contributed by atoms with Crippen molar-refractivity contribution in [2.24, 2.45) is 0 Å². The van der Waals surface area contributed by atoms with Crippen molar-refractivity contribution in [2.75, 3.05) is 126 Å². The van der Waals surface area contributed by atoms with Crippen molar-refractivity contribution < 1.29 is 47.1 Å². The molecule has 0 atom stereocenters. The first-order valence-electron chi connectivity index (χ1n) is 17.9. The third-order valence-corrected chi connectivity index (χ3v) is 7.70. The van der Waals surface area contributed by atoms with Crippen LogP contribution in [0.3, 0.4) is 0 Å². The van der Waals surface area contributed by atoms with Crippen LogP contribution in [0, 0.1) is 0 Å². The van der Waals surface area contributed by atoms with E-state index in [0.717, 1.165) is 13.0 Å². The van der Waals surface area contributed by atoms with Crippen molar-refractivity contribution in [3.63, 3.8) is 0 Å². The average molecular weight is 669 g/mol. The molecule has 0 saturated carbocycles. The molecule has 0 aromatic heterocycles. The Hall–Kier alpha value is -0.183. The van der Waals surface area contributed by atoms with Crippen LogP contribution in [-0.4, -0.2) is 134 Å². The normalized spacial score (nSPS) is 12.0. The van der Waals surface area contributed by atoms with Gasteiger partial charge in [-0.15, -0.1) is 0 Å². The molecule has 0 N–H and O–H groups in total. The molecule has 0 aliphatic rings. The third-order valence-electron chi connectivity index (χ3n) is 6.63. The first kappa shape index (κ1) is 44.8. The van der Waals surface area contributed by atoms with Crippen LogP contribution in [0.1, 0.15) is 77.6 Å². The Labute approximate surface area is 277 Å². The Balaban J connectivity index is 3.05. The lowest BCUT2D eigenvalue weighted by Gasteiger charge is -2.16. The molecule has 0 radical (unpaired) electrons. The zero-order valence-electron chi connectivity index (χ0n) is 29.8. The van der Waals surface area contributed by atoms with Gasteiger partial charge in [0.25, 0.3) is 0 Å². The minimum Gasteiger partial charge on any atom is -0.415 e. The molecule has 272 valence electrons. The maximum absolute atomic E-state index is 5.72. The zero-order chi connectivity index (χ0) is 32.8. The second-order valence-electron chi connectivity index (χ2n) is 12.0. The third kappa shape index (κ3) is 43.8. The van der Waals surface area contributed by atoms with Crippen molar-refractivity contribution in [3.8, 4) is 0 Å². The Kier molecular flexibility index (Phi) is 38.1. The lowest BCUT2D eigenvalue weighted by molar-refractivity contribution is -0.0254. The number of hydrogen-bond donors (Lipinski definition) is 0. The molecule has 0 heterocycles. The van der Waals surface area contributed by atoms with Crippen LogP contribution in [0.15, 0.2) is 0 Å².